The van der Waals surface area contributed by atoms with E-state index in [1.165, 1.54) is 29.2 Å². The van der Waals surface area contributed by atoms with Crippen molar-refractivity contribution in [1.82, 2.24) is 35.5 Å². The first-order valence-corrected chi connectivity index (χ1v) is 28.0. The van der Waals surface area contributed by atoms with Gasteiger partial charge in [-0.2, -0.15) is 5.26 Å². The minimum Gasteiger partial charge on any atom is -0.507 e. The zero-order chi connectivity index (χ0) is 54.9. The Balaban J connectivity index is 0.604. The molecule has 5 saturated heterocycles. The summed E-state index contributed by atoms with van der Waals surface area (Å²) in [4.78, 5) is 43.3. The van der Waals surface area contributed by atoms with Crippen molar-refractivity contribution >= 4 is 34.8 Å². The number of nitrogens with two attached hydrogens (primary N) is 1. The van der Waals surface area contributed by atoms with Crippen molar-refractivity contribution in [3.05, 3.63) is 95.9 Å². The van der Waals surface area contributed by atoms with E-state index in [9.17, 15) is 28.6 Å². The van der Waals surface area contributed by atoms with Crippen LogP contribution in [0.3, 0.4) is 0 Å². The number of hydrogen-bond acceptors (Lipinski definition) is 17. The fourth-order valence-corrected chi connectivity index (χ4v) is 12.8. The summed E-state index contributed by atoms with van der Waals surface area (Å²) in [6.45, 7) is 9.78. The van der Waals surface area contributed by atoms with Crippen molar-refractivity contribution < 1.29 is 42.6 Å². The number of β-amino-alcohol motifs (C(OH)–C–C–N with tert-alkyl or cyclic N) is 1. The first-order chi connectivity index (χ1) is 38.2. The number of piperidine rings is 2. The Morgan fingerprint density at radius 2 is 1.61 bits per heavy atom. The minimum absolute atomic E-state index is 0.0637. The van der Waals surface area contributed by atoms with Crippen molar-refractivity contribution in [2.24, 2.45) is 11.8 Å². The molecule has 2 bridgehead atoms. The Morgan fingerprint density at radius 3 is 2.30 bits per heavy atom. The highest BCUT2D eigenvalue weighted by Crippen LogP contribution is 2.41. The quantitative estimate of drug-likeness (QED) is 0.0760. The number of aromatic hydroxyl groups is 1. The summed E-state index contributed by atoms with van der Waals surface area (Å²) in [6.07, 6.45) is 6.03. The first-order valence-electron chi connectivity index (χ1n) is 28.0. The van der Waals surface area contributed by atoms with Gasteiger partial charge in [-0.1, -0.05) is 43.3 Å². The standard InChI is InChI=1S/C58H70F2N12O7/c1-34(2)53(58(76)71-33-41(73)24-48(71)57(75)64-54(55(59)60)37-9-7-35(29-61)8-10-37)50-28-51(67-79-50)69-21-14-36(15-22-69)30-68-19-16-42(17-20-68)77-43-25-44(26-43)78-52-23-38(13-18-63-52)72-39-11-12-40(72)32-70(31-39)47-27-46(65-66-56(47)62)45-5-3-4-6-49(45)74/h3-10,13,18,23,27-28,34,36,39-44,48,53-55,73-74H,11-12,14-17,19-22,24-26,30-33H2,1-2H3,(H2,62,66)(H,64,75)/t39-,40?,41-,43?,44?,48+,53-,54-/m1/s1. The van der Waals surface area contributed by atoms with E-state index in [2.05, 4.69) is 57.4 Å². The van der Waals surface area contributed by atoms with Gasteiger partial charge < -0.3 is 59.8 Å². The summed E-state index contributed by atoms with van der Waals surface area (Å²) in [6, 6.07) is 20.2. The number of nitrogen functional groups attached to an aromatic ring is 1. The summed E-state index contributed by atoms with van der Waals surface area (Å²) >= 11 is 0. The number of amides is 2. The molecule has 0 spiro atoms. The van der Waals surface area contributed by atoms with Crippen LogP contribution in [0.1, 0.15) is 100 Å². The molecule has 3 aromatic heterocycles. The molecule has 5 aromatic rings. The number of rotatable bonds is 17. The number of nitrogens with zero attached hydrogens (tertiary/aromatic N) is 10. The van der Waals surface area contributed by atoms with Gasteiger partial charge >= 0.3 is 0 Å². The van der Waals surface area contributed by atoms with Gasteiger partial charge in [-0.15, -0.1) is 10.2 Å². The van der Waals surface area contributed by atoms with E-state index >= 15 is 0 Å². The molecule has 8 heterocycles. The molecule has 2 aromatic carbocycles. The zero-order valence-corrected chi connectivity index (χ0v) is 44.7. The number of aliphatic hydroxyl groups excluding tert-OH is 1. The Morgan fingerprint density at radius 1 is 0.873 bits per heavy atom. The number of alkyl halides is 2. The second-order valence-electron chi connectivity index (χ2n) is 22.7. The lowest BCUT2D eigenvalue weighted by Gasteiger charge is -2.43. The first kappa shape index (κ1) is 53.8. The molecular weight excluding hydrogens is 1010 g/mol. The molecule has 21 heteroatoms. The van der Waals surface area contributed by atoms with Crippen molar-refractivity contribution in [3.8, 4) is 29.0 Å². The van der Waals surface area contributed by atoms with E-state index in [0.717, 1.165) is 109 Å². The molecule has 11 rings (SSSR count). The van der Waals surface area contributed by atoms with Gasteiger partial charge in [0.2, 0.25) is 17.7 Å². The number of benzene rings is 2. The number of halogens is 2. The summed E-state index contributed by atoms with van der Waals surface area (Å²) < 4.78 is 47.4. The fraction of sp³-hybridized carbons (Fsp3) is 0.534. The van der Waals surface area contributed by atoms with Crippen molar-refractivity contribution in [2.75, 3.05) is 72.8 Å². The zero-order valence-electron chi connectivity index (χ0n) is 44.7. The van der Waals surface area contributed by atoms with E-state index < -0.39 is 42.3 Å². The number of ether oxygens (including phenoxy) is 2. The van der Waals surface area contributed by atoms with Gasteiger partial charge in [0.25, 0.3) is 6.43 Å². The van der Waals surface area contributed by atoms with Crippen LogP contribution in [-0.2, 0) is 14.3 Å². The third kappa shape index (κ3) is 11.8. The van der Waals surface area contributed by atoms with Crippen LogP contribution in [-0.4, -0.2) is 153 Å². The molecule has 1 aliphatic carbocycles. The Bertz CT molecular complexity index is 2960. The maximum absolute atomic E-state index is 14.3. The number of likely N-dealkylation sites (tertiary alicyclic amines) is 2. The number of para-hydroxylation sites is 1. The second kappa shape index (κ2) is 23.3. The van der Waals surface area contributed by atoms with Crippen LogP contribution < -0.4 is 30.5 Å². The molecule has 6 aliphatic rings. The Kier molecular flexibility index (Phi) is 15.9. The van der Waals surface area contributed by atoms with Crippen molar-refractivity contribution in [2.45, 2.75) is 133 Å². The third-order valence-corrected chi connectivity index (χ3v) is 17.1. The molecular formula is C58H70F2N12O7. The SMILES string of the molecule is CC(C)[C@@H](C(=O)N1C[C@H](O)C[C@H]1C(=O)N[C@H](c1ccc(C#N)cc1)C(F)F)c1cc(N2CCC(CN3CCC(OC4CC(Oc5cc(N6C7CC[C@@H]6CN(c6cc(-c8ccccc8O)nnc6N)C7)ccn5)C4)CC3)CC2)no1. The number of phenols is 1. The molecule has 19 nitrogen and oxygen atoms in total. The van der Waals surface area contributed by atoms with E-state index in [-0.39, 0.29) is 60.6 Å². The van der Waals surface area contributed by atoms with E-state index in [4.69, 9.17) is 25.0 Å². The van der Waals surface area contributed by atoms with Gasteiger partial charge in [-0.05, 0) is 92.3 Å². The lowest BCUT2D eigenvalue weighted by atomic mass is 9.91. The number of aliphatic hydroxyl groups is 1. The maximum atomic E-state index is 14.3. The predicted octanol–water partition coefficient (Wildman–Crippen LogP) is 6.68. The number of phenolic OH excluding ortho intramolecular Hbond substituents is 1. The number of carbonyl (C=O) groups is 2. The van der Waals surface area contributed by atoms with E-state index in [1.54, 1.807) is 18.2 Å². The number of pyridine rings is 1. The third-order valence-electron chi connectivity index (χ3n) is 17.1. The van der Waals surface area contributed by atoms with Gasteiger partial charge in [0.1, 0.15) is 29.9 Å². The molecule has 6 atom stereocenters. The molecule has 1 saturated carbocycles. The highest BCUT2D eigenvalue weighted by Gasteiger charge is 2.45. The maximum Gasteiger partial charge on any atom is 0.262 e. The molecule has 1 unspecified atom stereocenters. The number of nitriles is 1. The monoisotopic (exact) mass is 1080 g/mol. The van der Waals surface area contributed by atoms with Crippen LogP contribution in [0.5, 0.6) is 11.6 Å². The summed E-state index contributed by atoms with van der Waals surface area (Å²) in [7, 11) is 0. The second-order valence-corrected chi connectivity index (χ2v) is 22.7. The summed E-state index contributed by atoms with van der Waals surface area (Å²) in [5.74, 6) is 0.369. The number of hydrogen-bond donors (Lipinski definition) is 4. The number of aromatic nitrogens is 4. The average molecular weight is 1090 g/mol. The van der Waals surface area contributed by atoms with Crippen LogP contribution in [0.2, 0.25) is 0 Å². The molecule has 418 valence electrons. The molecule has 2 amide bonds. The van der Waals surface area contributed by atoms with Gasteiger partial charge in [0.05, 0.1) is 41.3 Å². The van der Waals surface area contributed by atoms with Crippen LogP contribution in [0.15, 0.2) is 83.5 Å². The number of carbonyl (C=O) groups excluding carboxylic acids is 2. The van der Waals surface area contributed by atoms with Crippen LogP contribution in [0, 0.1) is 23.2 Å². The molecule has 5 N–H and O–H groups in total. The molecule has 0 radical (unpaired) electrons. The number of piperazine rings is 1. The highest BCUT2D eigenvalue weighted by molar-refractivity contribution is 5.91. The Hall–Kier alpha value is -7.15. The largest absolute Gasteiger partial charge is 0.507 e. The lowest BCUT2D eigenvalue weighted by molar-refractivity contribution is -0.141. The van der Waals surface area contributed by atoms with Crippen molar-refractivity contribution in [1.29, 1.82) is 5.26 Å². The van der Waals surface area contributed by atoms with Gasteiger partial charge in [0.15, 0.2) is 17.4 Å². The van der Waals surface area contributed by atoms with Crippen LogP contribution in [0.25, 0.3) is 11.3 Å². The lowest BCUT2D eigenvalue weighted by Crippen LogP contribution is -2.54. The Labute approximate surface area is 458 Å². The van der Waals surface area contributed by atoms with E-state index in [1.807, 2.05) is 44.3 Å². The molecule has 5 aliphatic heterocycles. The van der Waals surface area contributed by atoms with Crippen LogP contribution >= 0.6 is 0 Å². The van der Waals surface area contributed by atoms with Gasteiger partial charge in [-0.25, -0.2) is 13.8 Å². The van der Waals surface area contributed by atoms with Gasteiger partial charge in [0, 0.05) is 113 Å². The number of fused-ring (bicyclic) bond motifs is 2. The smallest absolute Gasteiger partial charge is 0.262 e. The number of anilines is 4. The van der Waals surface area contributed by atoms with E-state index in [0.29, 0.717) is 46.0 Å². The summed E-state index contributed by atoms with van der Waals surface area (Å²) in [5.41, 5.74) is 9.97. The normalized spacial score (nSPS) is 24.6. The number of nitrogens with one attached hydrogen (secondary N) is 1. The van der Waals surface area contributed by atoms with Crippen LogP contribution in [0.4, 0.5) is 31.8 Å². The summed E-state index contributed by atoms with van der Waals surface area (Å²) in [5, 5.41) is 45.6. The topological polar surface area (TPSA) is 236 Å². The van der Waals surface area contributed by atoms with Crippen molar-refractivity contribution in [3.63, 3.8) is 0 Å². The molecule has 79 heavy (non-hydrogen) atoms. The fourth-order valence-electron chi connectivity index (χ4n) is 12.8. The predicted molar refractivity (Wildman–Crippen MR) is 290 cm³/mol. The highest BCUT2D eigenvalue weighted by atomic mass is 19.3. The molecule has 6 fully saturated rings. The van der Waals surface area contributed by atoms with Gasteiger partial charge in [-0.3, -0.25) is 9.59 Å². The average Bonchev–Trinajstić information content (AvgIpc) is 4.22. The minimum atomic E-state index is -2.96.